The van der Waals surface area contributed by atoms with E-state index in [-0.39, 0.29) is 6.30 Å². The monoisotopic (exact) mass is 202 g/mol. The van der Waals surface area contributed by atoms with Gasteiger partial charge in [-0.15, -0.1) is 6.58 Å². The fourth-order valence-electron chi connectivity index (χ4n) is 1.15. The molecule has 1 N–H and O–H groups in total. The Bertz CT molecular complexity index is 128. The van der Waals surface area contributed by atoms with E-state index in [1.54, 1.807) is 0 Å². The fraction of sp³-hybridized carbons (Fsp3) is 0.800. The third-order valence-corrected chi connectivity index (χ3v) is 5.10. The second-order valence-corrected chi connectivity index (χ2v) is 6.78. The first-order chi connectivity index (χ1) is 6.22. The highest BCUT2D eigenvalue weighted by Crippen LogP contribution is 2.13. The van der Waals surface area contributed by atoms with E-state index < -0.39 is 8.80 Å². The van der Waals surface area contributed by atoms with Gasteiger partial charge in [-0.25, -0.2) is 0 Å². The summed E-state index contributed by atoms with van der Waals surface area (Å²) >= 11 is 0. The van der Waals surface area contributed by atoms with Gasteiger partial charge in [-0.2, -0.15) is 0 Å². The van der Waals surface area contributed by atoms with Crippen LogP contribution >= 0.6 is 0 Å². The number of halogens is 1. The molecule has 0 aliphatic carbocycles. The molecule has 13 heavy (non-hydrogen) atoms. The van der Waals surface area contributed by atoms with Gasteiger partial charge in [0, 0.05) is 6.54 Å². The maximum absolute atomic E-state index is 12.5. The third-order valence-electron chi connectivity index (χ3n) is 2.13. The number of hydrogen-bond donors (Lipinski definition) is 1. The molecule has 0 aliphatic rings. The molecule has 0 fully saturated rings. The van der Waals surface area contributed by atoms with Crippen LogP contribution in [-0.2, 0) is 0 Å². The van der Waals surface area contributed by atoms with Crippen LogP contribution in [0.4, 0.5) is 4.39 Å². The Morgan fingerprint density at radius 1 is 1.54 bits per heavy atom. The minimum absolute atomic E-state index is 0.0796. The summed E-state index contributed by atoms with van der Waals surface area (Å²) in [6, 6.07) is 1.09. The molecule has 0 atom stereocenters. The Morgan fingerprint density at radius 2 is 2.23 bits per heavy atom. The van der Waals surface area contributed by atoms with Gasteiger partial charge < -0.3 is 5.32 Å². The van der Waals surface area contributed by atoms with Crippen molar-refractivity contribution in [1.29, 1.82) is 0 Å². The van der Waals surface area contributed by atoms with E-state index >= 15 is 0 Å². The normalized spacial score (nSPS) is 11.2. The molecule has 0 bridgehead atoms. The number of rotatable bonds is 8. The summed E-state index contributed by atoms with van der Waals surface area (Å²) in [5.41, 5.74) is 0.564. The van der Waals surface area contributed by atoms with E-state index in [1.807, 2.05) is 6.08 Å². The number of nitrogens with one attached hydrogen (secondary N) is 1. The zero-order valence-electron chi connectivity index (χ0n) is 8.78. The molecule has 77 valence electrons. The maximum atomic E-state index is 12.5. The summed E-state index contributed by atoms with van der Waals surface area (Å²) in [5, 5.41) is 3.23. The number of hydrogen-bond acceptors (Lipinski definition) is 1. The highest BCUT2D eigenvalue weighted by molar-refractivity contribution is 6.60. The van der Waals surface area contributed by atoms with Crippen LogP contribution in [0.1, 0.15) is 20.3 Å². The average molecular weight is 202 g/mol. The lowest BCUT2D eigenvalue weighted by Crippen LogP contribution is -2.23. The van der Waals surface area contributed by atoms with Crippen LogP contribution in [0.15, 0.2) is 12.7 Å². The summed E-state index contributed by atoms with van der Waals surface area (Å²) in [7, 11) is -0.721. The zero-order valence-corrected chi connectivity index (χ0v) is 9.78. The molecule has 0 unspecified atom stereocenters. The van der Waals surface area contributed by atoms with Crippen molar-refractivity contribution in [2.24, 2.45) is 0 Å². The molecule has 1 nitrogen and oxygen atoms in total. The SMILES string of the molecule is C=CCNCCC[Si](CF)C(C)C. The highest BCUT2D eigenvalue weighted by Gasteiger charge is 2.14. The molecule has 3 heteroatoms. The molecule has 0 saturated carbocycles. The van der Waals surface area contributed by atoms with E-state index in [1.165, 1.54) is 0 Å². The Labute approximate surface area is 83.0 Å². The predicted molar refractivity (Wildman–Crippen MR) is 59.3 cm³/mol. The summed E-state index contributed by atoms with van der Waals surface area (Å²) < 4.78 is 12.5. The van der Waals surface area contributed by atoms with Gasteiger partial charge in [-0.3, -0.25) is 4.39 Å². The molecule has 0 rings (SSSR count). The Kier molecular flexibility index (Phi) is 8.35. The lowest BCUT2D eigenvalue weighted by Gasteiger charge is -2.14. The van der Waals surface area contributed by atoms with Crippen LogP contribution in [0.25, 0.3) is 0 Å². The summed E-state index contributed by atoms with van der Waals surface area (Å²) in [6.07, 6.45) is 2.87. The summed E-state index contributed by atoms with van der Waals surface area (Å²) in [5.74, 6) is 0. The van der Waals surface area contributed by atoms with E-state index in [2.05, 4.69) is 25.7 Å². The molecule has 0 aromatic carbocycles. The van der Waals surface area contributed by atoms with Crippen molar-refractivity contribution in [2.75, 3.05) is 19.4 Å². The molecule has 0 heterocycles. The quantitative estimate of drug-likeness (QED) is 0.362. The van der Waals surface area contributed by atoms with Crippen LogP contribution < -0.4 is 5.32 Å². The highest BCUT2D eigenvalue weighted by atomic mass is 28.3. The molecule has 0 aliphatic heterocycles. The van der Waals surface area contributed by atoms with Crippen molar-refractivity contribution in [2.45, 2.75) is 31.9 Å². The van der Waals surface area contributed by atoms with Gasteiger partial charge in [0.2, 0.25) is 0 Å². The van der Waals surface area contributed by atoms with Crippen molar-refractivity contribution in [3.63, 3.8) is 0 Å². The van der Waals surface area contributed by atoms with E-state index in [4.69, 9.17) is 0 Å². The second-order valence-electron chi connectivity index (χ2n) is 3.54. The first-order valence-electron chi connectivity index (χ1n) is 4.94. The smallest absolute Gasteiger partial charge is 0.0903 e. The molecule has 0 spiro atoms. The third kappa shape index (κ3) is 6.96. The van der Waals surface area contributed by atoms with Crippen molar-refractivity contribution in [1.82, 2.24) is 5.32 Å². The topological polar surface area (TPSA) is 12.0 Å². The van der Waals surface area contributed by atoms with Gasteiger partial charge in [0.1, 0.15) is 0 Å². The van der Waals surface area contributed by atoms with Crippen LogP contribution in [0.5, 0.6) is 0 Å². The number of alkyl halides is 1. The molecule has 0 amide bonds. The Balaban J connectivity index is 3.33. The second kappa shape index (κ2) is 8.45. The average Bonchev–Trinajstić information content (AvgIpc) is 2.10. The first kappa shape index (κ1) is 12.8. The van der Waals surface area contributed by atoms with Crippen LogP contribution in [0, 0.1) is 0 Å². The Morgan fingerprint density at radius 3 is 2.69 bits per heavy atom. The largest absolute Gasteiger partial charge is 0.313 e. The predicted octanol–water partition coefficient (Wildman–Crippen LogP) is 2.57. The fourth-order valence-corrected chi connectivity index (χ4v) is 2.80. The van der Waals surface area contributed by atoms with Gasteiger partial charge in [0.25, 0.3) is 0 Å². The van der Waals surface area contributed by atoms with Crippen LogP contribution in [0.2, 0.25) is 11.6 Å². The molecule has 0 saturated heterocycles. The van der Waals surface area contributed by atoms with Gasteiger partial charge >= 0.3 is 0 Å². The molecule has 1 radical (unpaired) electrons. The van der Waals surface area contributed by atoms with Crippen LogP contribution in [-0.4, -0.2) is 28.2 Å². The molecule has 0 aromatic rings. The maximum Gasteiger partial charge on any atom is 0.0903 e. The molecular weight excluding hydrogens is 181 g/mol. The lowest BCUT2D eigenvalue weighted by molar-refractivity contribution is 0.577. The summed E-state index contributed by atoms with van der Waals surface area (Å²) in [4.78, 5) is 0. The van der Waals surface area contributed by atoms with Gasteiger partial charge in [0.15, 0.2) is 0 Å². The van der Waals surface area contributed by atoms with Crippen molar-refractivity contribution >= 4 is 8.80 Å². The summed E-state index contributed by atoms with van der Waals surface area (Å²) in [6.45, 7) is 9.74. The Hall–Kier alpha value is -0.153. The standard InChI is InChI=1S/C10H21FNSi/c1-4-6-12-7-5-8-13(9-11)10(2)3/h4,10,12H,1,5-9H2,2-3H3. The van der Waals surface area contributed by atoms with Crippen LogP contribution in [0.3, 0.4) is 0 Å². The zero-order chi connectivity index (χ0) is 10.1. The minimum atomic E-state index is -0.721. The van der Waals surface area contributed by atoms with E-state index in [0.29, 0.717) is 5.54 Å². The van der Waals surface area contributed by atoms with E-state index in [9.17, 15) is 4.39 Å². The van der Waals surface area contributed by atoms with Gasteiger partial charge in [0.05, 0.1) is 15.1 Å². The van der Waals surface area contributed by atoms with Gasteiger partial charge in [-0.1, -0.05) is 31.5 Å². The first-order valence-corrected chi connectivity index (χ1v) is 6.93. The molecular formula is C10H21FNSi. The van der Waals surface area contributed by atoms with Crippen molar-refractivity contribution in [3.8, 4) is 0 Å². The van der Waals surface area contributed by atoms with Gasteiger partial charge in [-0.05, 0) is 13.0 Å². The van der Waals surface area contributed by atoms with Crippen molar-refractivity contribution in [3.05, 3.63) is 12.7 Å². The minimum Gasteiger partial charge on any atom is -0.313 e. The van der Waals surface area contributed by atoms with Crippen molar-refractivity contribution < 1.29 is 4.39 Å². The van der Waals surface area contributed by atoms with E-state index in [0.717, 1.165) is 25.6 Å². The molecule has 0 aromatic heterocycles. The lowest BCUT2D eigenvalue weighted by atomic mass is 10.4.